The number of amides is 1. The van der Waals surface area contributed by atoms with Crippen LogP contribution in [0.25, 0.3) is 17.1 Å². The molecule has 5 rings (SSSR count). The van der Waals surface area contributed by atoms with Crippen molar-refractivity contribution >= 4 is 11.9 Å². The van der Waals surface area contributed by atoms with Gasteiger partial charge in [0.25, 0.3) is 0 Å². The Morgan fingerprint density at radius 2 is 2.20 bits per heavy atom. The number of carbonyl (C=O) groups is 2. The average molecular weight is 408 g/mol. The van der Waals surface area contributed by atoms with Crippen LogP contribution >= 0.6 is 0 Å². The van der Waals surface area contributed by atoms with Crippen LogP contribution in [0.2, 0.25) is 0 Å². The summed E-state index contributed by atoms with van der Waals surface area (Å²) in [5, 5.41) is 11.8. The third-order valence-electron chi connectivity index (χ3n) is 5.43. The molecule has 0 saturated carbocycles. The van der Waals surface area contributed by atoms with Gasteiger partial charge in [-0.25, -0.2) is 9.78 Å². The van der Waals surface area contributed by atoms with E-state index in [-0.39, 0.29) is 24.2 Å². The highest BCUT2D eigenvalue weighted by Gasteiger charge is 2.33. The highest BCUT2D eigenvalue weighted by molar-refractivity contribution is 5.89. The van der Waals surface area contributed by atoms with E-state index in [4.69, 9.17) is 9.47 Å². The predicted octanol–water partition coefficient (Wildman–Crippen LogP) is 1.63. The number of fused-ring (bicyclic) bond motifs is 5. The number of nitrogens with zero attached hydrogens (tertiary/aromatic N) is 5. The maximum Gasteiger partial charge on any atom is 0.358 e. The lowest BCUT2D eigenvalue weighted by molar-refractivity contribution is -0.119. The lowest BCUT2D eigenvalue weighted by Crippen LogP contribution is -2.22. The fraction of sp³-hybridized carbons (Fsp3) is 0.350. The van der Waals surface area contributed by atoms with Gasteiger partial charge in [0, 0.05) is 12.0 Å². The van der Waals surface area contributed by atoms with Crippen molar-refractivity contribution in [3.8, 4) is 22.8 Å². The standard InChI is InChI=1S/C20H20N6O4/c1-3-30-20(28)17-15-9-25-18(23-24-19(25)13-5-7-16(27)22-13)12-8-11(29-2)4-6-14(12)26(15)10-21-17/h4,6,8,10,13H,3,5,7,9H2,1-2H3,(H,22,27)/t13-/m1/s1. The first kappa shape index (κ1) is 18.3. The Labute approximate surface area is 171 Å². The lowest BCUT2D eigenvalue weighted by Gasteiger charge is -2.13. The first-order chi connectivity index (χ1) is 14.6. The van der Waals surface area contributed by atoms with E-state index in [9.17, 15) is 9.59 Å². The van der Waals surface area contributed by atoms with Crippen LogP contribution in [0, 0.1) is 0 Å². The molecule has 1 N–H and O–H groups in total. The lowest BCUT2D eigenvalue weighted by atomic mass is 10.1. The molecular formula is C20H20N6O4. The number of esters is 1. The fourth-order valence-corrected chi connectivity index (χ4v) is 4.02. The molecule has 0 aliphatic carbocycles. The summed E-state index contributed by atoms with van der Waals surface area (Å²) in [6.07, 6.45) is 2.71. The van der Waals surface area contributed by atoms with Crippen LogP contribution in [0.4, 0.5) is 0 Å². The molecule has 0 unspecified atom stereocenters. The van der Waals surface area contributed by atoms with Gasteiger partial charge in [0.1, 0.15) is 12.1 Å². The van der Waals surface area contributed by atoms with Crippen molar-refractivity contribution in [1.29, 1.82) is 0 Å². The molecule has 0 spiro atoms. The molecule has 10 heteroatoms. The van der Waals surface area contributed by atoms with Gasteiger partial charge in [-0.1, -0.05) is 0 Å². The second-order valence-electron chi connectivity index (χ2n) is 7.14. The monoisotopic (exact) mass is 408 g/mol. The SMILES string of the molecule is CCOC(=O)c1ncn2c1Cn1c(nnc1[C@H]1CCC(=O)N1)-c1cc(OC)ccc1-2. The molecule has 1 saturated heterocycles. The number of aromatic nitrogens is 5. The molecule has 1 atom stereocenters. The van der Waals surface area contributed by atoms with Crippen molar-refractivity contribution in [3.05, 3.63) is 41.7 Å². The van der Waals surface area contributed by atoms with Crippen LogP contribution in [0.5, 0.6) is 5.75 Å². The van der Waals surface area contributed by atoms with Gasteiger partial charge in [-0.05, 0) is 31.5 Å². The third kappa shape index (κ3) is 2.75. The fourth-order valence-electron chi connectivity index (χ4n) is 4.02. The van der Waals surface area contributed by atoms with E-state index in [0.29, 0.717) is 42.5 Å². The molecule has 154 valence electrons. The molecule has 3 aromatic rings. The summed E-state index contributed by atoms with van der Waals surface area (Å²) in [5.41, 5.74) is 2.52. The molecule has 1 fully saturated rings. The van der Waals surface area contributed by atoms with Crippen molar-refractivity contribution < 1.29 is 19.1 Å². The zero-order valence-corrected chi connectivity index (χ0v) is 16.6. The molecule has 0 radical (unpaired) electrons. The number of hydrogen-bond acceptors (Lipinski definition) is 7. The number of benzene rings is 1. The molecule has 1 amide bonds. The van der Waals surface area contributed by atoms with E-state index in [0.717, 1.165) is 11.3 Å². The smallest absolute Gasteiger partial charge is 0.358 e. The number of hydrogen-bond donors (Lipinski definition) is 1. The van der Waals surface area contributed by atoms with Crippen LogP contribution in [0.1, 0.15) is 47.8 Å². The zero-order chi connectivity index (χ0) is 20.8. The third-order valence-corrected chi connectivity index (χ3v) is 5.43. The first-order valence-electron chi connectivity index (χ1n) is 9.75. The van der Waals surface area contributed by atoms with E-state index < -0.39 is 5.97 Å². The Bertz CT molecular complexity index is 1160. The average Bonchev–Trinajstić information content (AvgIpc) is 3.45. The van der Waals surface area contributed by atoms with Gasteiger partial charge in [0.15, 0.2) is 17.3 Å². The van der Waals surface area contributed by atoms with Crippen molar-refractivity contribution in [3.63, 3.8) is 0 Å². The maximum absolute atomic E-state index is 12.5. The molecule has 2 aliphatic rings. The van der Waals surface area contributed by atoms with Gasteiger partial charge in [0.2, 0.25) is 5.91 Å². The number of carbonyl (C=O) groups excluding carboxylic acids is 2. The number of nitrogens with one attached hydrogen (secondary N) is 1. The van der Waals surface area contributed by atoms with Gasteiger partial charge in [-0.15, -0.1) is 10.2 Å². The highest BCUT2D eigenvalue weighted by atomic mass is 16.5. The highest BCUT2D eigenvalue weighted by Crippen LogP contribution is 2.36. The minimum atomic E-state index is -0.478. The molecule has 2 aliphatic heterocycles. The van der Waals surface area contributed by atoms with E-state index in [1.54, 1.807) is 20.4 Å². The summed E-state index contributed by atoms with van der Waals surface area (Å²) >= 11 is 0. The molecule has 10 nitrogen and oxygen atoms in total. The van der Waals surface area contributed by atoms with Crippen molar-refractivity contribution in [2.45, 2.75) is 32.4 Å². The van der Waals surface area contributed by atoms with Crippen molar-refractivity contribution in [2.24, 2.45) is 0 Å². The Kier molecular flexibility index (Phi) is 4.27. The molecule has 30 heavy (non-hydrogen) atoms. The van der Waals surface area contributed by atoms with E-state index >= 15 is 0 Å². The Balaban J connectivity index is 1.72. The maximum atomic E-state index is 12.5. The van der Waals surface area contributed by atoms with Crippen LogP contribution in [0.3, 0.4) is 0 Å². The van der Waals surface area contributed by atoms with Gasteiger partial charge >= 0.3 is 5.97 Å². The number of ether oxygens (including phenoxy) is 2. The Morgan fingerprint density at radius 3 is 2.93 bits per heavy atom. The molecule has 1 aromatic carbocycles. The van der Waals surface area contributed by atoms with Crippen LogP contribution in [-0.4, -0.2) is 49.9 Å². The first-order valence-corrected chi connectivity index (χ1v) is 9.75. The topological polar surface area (TPSA) is 113 Å². The van der Waals surface area contributed by atoms with Crippen LogP contribution in [0.15, 0.2) is 24.5 Å². The minimum absolute atomic E-state index is 0.00899. The van der Waals surface area contributed by atoms with E-state index in [2.05, 4.69) is 20.5 Å². The van der Waals surface area contributed by atoms with Crippen LogP contribution in [-0.2, 0) is 16.1 Å². The predicted molar refractivity (Wildman–Crippen MR) is 104 cm³/mol. The number of rotatable bonds is 4. The van der Waals surface area contributed by atoms with Crippen LogP contribution < -0.4 is 10.1 Å². The second-order valence-corrected chi connectivity index (χ2v) is 7.14. The molecule has 4 heterocycles. The van der Waals surface area contributed by atoms with Gasteiger partial charge < -0.3 is 19.4 Å². The zero-order valence-electron chi connectivity index (χ0n) is 16.6. The van der Waals surface area contributed by atoms with Gasteiger partial charge in [-0.3, -0.25) is 9.36 Å². The number of imidazole rings is 1. The minimum Gasteiger partial charge on any atom is -0.497 e. The summed E-state index contributed by atoms with van der Waals surface area (Å²) < 4.78 is 14.4. The van der Waals surface area contributed by atoms with E-state index in [1.807, 2.05) is 27.3 Å². The summed E-state index contributed by atoms with van der Waals surface area (Å²) in [4.78, 5) is 28.6. The second kappa shape index (κ2) is 6.97. The normalized spacial score (nSPS) is 16.9. The summed E-state index contributed by atoms with van der Waals surface area (Å²) in [6.45, 7) is 2.33. The number of methoxy groups -OCH3 is 1. The molecule has 2 aromatic heterocycles. The Hall–Kier alpha value is -3.69. The van der Waals surface area contributed by atoms with Crippen molar-refractivity contribution in [2.75, 3.05) is 13.7 Å². The van der Waals surface area contributed by atoms with Gasteiger partial charge in [-0.2, -0.15) is 0 Å². The summed E-state index contributed by atoms with van der Waals surface area (Å²) in [5.74, 6) is 1.47. The largest absolute Gasteiger partial charge is 0.497 e. The molecular weight excluding hydrogens is 388 g/mol. The quantitative estimate of drug-likeness (QED) is 0.511. The van der Waals surface area contributed by atoms with E-state index in [1.165, 1.54) is 0 Å². The summed E-state index contributed by atoms with van der Waals surface area (Å²) in [6, 6.07) is 5.40. The molecule has 0 bridgehead atoms. The Morgan fingerprint density at radius 1 is 1.33 bits per heavy atom. The van der Waals surface area contributed by atoms with Gasteiger partial charge in [0.05, 0.1) is 37.7 Å². The van der Waals surface area contributed by atoms with Crippen molar-refractivity contribution in [1.82, 2.24) is 29.6 Å². The summed E-state index contributed by atoms with van der Waals surface area (Å²) in [7, 11) is 1.60.